The molecule has 0 aromatic heterocycles. The van der Waals surface area contributed by atoms with Gasteiger partial charge in [0.25, 0.3) is 0 Å². The predicted molar refractivity (Wildman–Crippen MR) is 108 cm³/mol. The Bertz CT molecular complexity index is 857. The van der Waals surface area contributed by atoms with Crippen LogP contribution in [0.2, 0.25) is 0 Å². The van der Waals surface area contributed by atoms with Crippen molar-refractivity contribution in [3.8, 4) is 0 Å². The molecule has 1 heterocycles. The second-order valence-electron chi connectivity index (χ2n) is 7.65. The number of amides is 2. The van der Waals surface area contributed by atoms with Gasteiger partial charge in [-0.3, -0.25) is 0 Å². The minimum absolute atomic E-state index is 0.104. The third kappa shape index (κ3) is 4.90. The fourth-order valence-electron chi connectivity index (χ4n) is 3.97. The van der Waals surface area contributed by atoms with E-state index in [0.29, 0.717) is 24.2 Å². The van der Waals surface area contributed by atoms with E-state index in [0.717, 1.165) is 25.7 Å². The molecule has 160 valence electrons. The molecule has 1 aliphatic carbocycles. The molecule has 1 saturated heterocycles. The molecule has 2 fully saturated rings. The Balaban J connectivity index is 1.62. The minimum atomic E-state index is -3.70. The average molecular weight is 424 g/mol. The molecule has 2 amide bonds. The molecular formula is C20H29N3O5S. The summed E-state index contributed by atoms with van der Waals surface area (Å²) in [4.78, 5) is 26.0. The number of urea groups is 1. The Kier molecular flexibility index (Phi) is 6.79. The van der Waals surface area contributed by atoms with Gasteiger partial charge in [0.2, 0.25) is 10.0 Å². The number of hydrogen-bond acceptors (Lipinski definition) is 5. The number of rotatable bonds is 4. The molecule has 1 saturated carbocycles. The monoisotopic (exact) mass is 423 g/mol. The first-order valence-corrected chi connectivity index (χ1v) is 11.5. The Morgan fingerprint density at radius 1 is 1.07 bits per heavy atom. The number of methoxy groups -OCH3 is 1. The number of aryl methyl sites for hydroxylation is 1. The van der Waals surface area contributed by atoms with Crippen molar-refractivity contribution in [3.63, 3.8) is 0 Å². The van der Waals surface area contributed by atoms with Gasteiger partial charge in [-0.1, -0.05) is 19.3 Å². The maximum Gasteiger partial charge on any atom is 0.337 e. The number of carbonyl (C=O) groups excluding carboxylic acids is 2. The molecule has 1 aromatic rings. The van der Waals surface area contributed by atoms with Gasteiger partial charge in [0.1, 0.15) is 0 Å². The van der Waals surface area contributed by atoms with Crippen LogP contribution in [0, 0.1) is 6.92 Å². The summed E-state index contributed by atoms with van der Waals surface area (Å²) < 4.78 is 32.2. The predicted octanol–water partition coefficient (Wildman–Crippen LogP) is 2.13. The van der Waals surface area contributed by atoms with Crippen LogP contribution in [0.3, 0.4) is 0 Å². The third-order valence-electron chi connectivity index (χ3n) is 5.67. The van der Waals surface area contributed by atoms with E-state index in [1.165, 1.54) is 36.0 Å². The third-order valence-corrected chi connectivity index (χ3v) is 7.73. The number of carbonyl (C=O) groups is 2. The summed E-state index contributed by atoms with van der Waals surface area (Å²) in [5.41, 5.74) is 0.804. The maximum atomic E-state index is 13.0. The molecule has 2 aliphatic rings. The van der Waals surface area contributed by atoms with Gasteiger partial charge in [-0.15, -0.1) is 0 Å². The normalized spacial score (nSPS) is 19.0. The molecule has 0 atom stereocenters. The van der Waals surface area contributed by atoms with Crippen molar-refractivity contribution in [3.05, 3.63) is 29.3 Å². The molecule has 1 aliphatic heterocycles. The maximum absolute atomic E-state index is 13.0. The summed E-state index contributed by atoms with van der Waals surface area (Å²) in [5.74, 6) is -0.505. The lowest BCUT2D eigenvalue weighted by Gasteiger charge is -2.35. The lowest BCUT2D eigenvalue weighted by atomic mass is 9.96. The van der Waals surface area contributed by atoms with Crippen molar-refractivity contribution in [1.29, 1.82) is 0 Å². The summed E-state index contributed by atoms with van der Waals surface area (Å²) in [6.45, 7) is 2.87. The van der Waals surface area contributed by atoms with Crippen molar-refractivity contribution >= 4 is 22.0 Å². The summed E-state index contributed by atoms with van der Waals surface area (Å²) in [5, 5.41) is 3.08. The van der Waals surface area contributed by atoms with Gasteiger partial charge >= 0.3 is 12.0 Å². The largest absolute Gasteiger partial charge is 0.465 e. The quantitative estimate of drug-likeness (QED) is 0.749. The van der Waals surface area contributed by atoms with Crippen LogP contribution in [0.5, 0.6) is 0 Å². The zero-order valence-corrected chi connectivity index (χ0v) is 17.8. The number of ether oxygens (including phenoxy) is 1. The van der Waals surface area contributed by atoms with Crippen molar-refractivity contribution in [2.45, 2.75) is 50.0 Å². The molecule has 1 N–H and O–H groups in total. The first kappa shape index (κ1) is 21.6. The number of hydrogen-bond donors (Lipinski definition) is 1. The van der Waals surface area contributed by atoms with Gasteiger partial charge in [0, 0.05) is 32.2 Å². The summed E-state index contributed by atoms with van der Waals surface area (Å²) in [7, 11) is -2.41. The fourth-order valence-corrected chi connectivity index (χ4v) is 5.60. The second-order valence-corrected chi connectivity index (χ2v) is 9.55. The lowest BCUT2D eigenvalue weighted by Crippen LogP contribution is -2.54. The van der Waals surface area contributed by atoms with Crippen LogP contribution in [-0.2, 0) is 14.8 Å². The van der Waals surface area contributed by atoms with Gasteiger partial charge in [0.05, 0.1) is 17.6 Å². The first-order chi connectivity index (χ1) is 13.8. The van der Waals surface area contributed by atoms with E-state index in [1.54, 1.807) is 11.8 Å². The van der Waals surface area contributed by atoms with Crippen LogP contribution in [0.25, 0.3) is 0 Å². The number of benzene rings is 1. The molecule has 1 aromatic carbocycles. The number of piperazine rings is 1. The zero-order valence-electron chi connectivity index (χ0n) is 17.0. The van der Waals surface area contributed by atoms with E-state index in [-0.39, 0.29) is 30.1 Å². The van der Waals surface area contributed by atoms with Crippen molar-refractivity contribution in [2.24, 2.45) is 0 Å². The minimum Gasteiger partial charge on any atom is -0.465 e. The highest BCUT2D eigenvalue weighted by Gasteiger charge is 2.32. The van der Waals surface area contributed by atoms with Crippen molar-refractivity contribution < 1.29 is 22.7 Å². The van der Waals surface area contributed by atoms with Crippen LogP contribution in [0.15, 0.2) is 23.1 Å². The second kappa shape index (κ2) is 9.13. The summed E-state index contributed by atoms with van der Waals surface area (Å²) in [6.07, 6.45) is 5.54. The van der Waals surface area contributed by atoms with Crippen LogP contribution in [-0.4, -0.2) is 69.0 Å². The molecular weight excluding hydrogens is 394 g/mol. The molecule has 0 radical (unpaired) electrons. The van der Waals surface area contributed by atoms with E-state index >= 15 is 0 Å². The van der Waals surface area contributed by atoms with Gasteiger partial charge in [-0.2, -0.15) is 4.31 Å². The van der Waals surface area contributed by atoms with Crippen molar-refractivity contribution in [2.75, 3.05) is 33.3 Å². The fraction of sp³-hybridized carbons (Fsp3) is 0.600. The van der Waals surface area contributed by atoms with Gasteiger partial charge in [0.15, 0.2) is 0 Å². The molecule has 3 rings (SSSR count). The van der Waals surface area contributed by atoms with Gasteiger partial charge < -0.3 is 15.0 Å². The van der Waals surface area contributed by atoms with E-state index in [2.05, 4.69) is 10.1 Å². The highest BCUT2D eigenvalue weighted by Crippen LogP contribution is 2.23. The Morgan fingerprint density at radius 3 is 2.31 bits per heavy atom. The Morgan fingerprint density at radius 2 is 1.72 bits per heavy atom. The standard InChI is InChI=1S/C20H29N3O5S/c1-15-14-16(19(24)28-2)8-9-18(15)29(26,27)23-12-10-22(11-13-23)20(25)21-17-6-4-3-5-7-17/h8-9,14,17H,3-7,10-13H2,1-2H3,(H,21,25). The van der Waals surface area contributed by atoms with E-state index < -0.39 is 16.0 Å². The van der Waals surface area contributed by atoms with E-state index in [9.17, 15) is 18.0 Å². The molecule has 0 unspecified atom stereocenters. The molecule has 9 heteroatoms. The van der Waals surface area contributed by atoms with Crippen LogP contribution in [0.1, 0.15) is 48.0 Å². The highest BCUT2D eigenvalue weighted by atomic mass is 32.2. The lowest BCUT2D eigenvalue weighted by molar-refractivity contribution is 0.0600. The number of nitrogens with zero attached hydrogens (tertiary/aromatic N) is 2. The van der Waals surface area contributed by atoms with E-state index in [1.807, 2.05) is 0 Å². The van der Waals surface area contributed by atoms with Crippen molar-refractivity contribution in [1.82, 2.24) is 14.5 Å². The Hall–Kier alpha value is -2.13. The van der Waals surface area contributed by atoms with Gasteiger partial charge in [-0.25, -0.2) is 18.0 Å². The summed E-state index contributed by atoms with van der Waals surface area (Å²) >= 11 is 0. The Labute approximate surface area is 172 Å². The SMILES string of the molecule is COC(=O)c1ccc(S(=O)(=O)N2CCN(C(=O)NC3CCCCC3)CC2)c(C)c1. The van der Waals surface area contributed by atoms with Crippen LogP contribution < -0.4 is 5.32 Å². The number of nitrogens with one attached hydrogen (secondary N) is 1. The topological polar surface area (TPSA) is 96.0 Å². The van der Waals surface area contributed by atoms with Crippen LogP contribution in [0.4, 0.5) is 4.79 Å². The molecule has 8 nitrogen and oxygen atoms in total. The highest BCUT2D eigenvalue weighted by molar-refractivity contribution is 7.89. The molecule has 0 bridgehead atoms. The number of sulfonamides is 1. The molecule has 29 heavy (non-hydrogen) atoms. The smallest absolute Gasteiger partial charge is 0.337 e. The van der Waals surface area contributed by atoms with Crippen LogP contribution >= 0.6 is 0 Å². The van der Waals surface area contributed by atoms with Gasteiger partial charge in [-0.05, 0) is 43.5 Å². The zero-order chi connectivity index (χ0) is 21.0. The summed E-state index contributed by atoms with van der Waals surface area (Å²) in [6, 6.07) is 4.55. The number of esters is 1. The first-order valence-electron chi connectivity index (χ1n) is 10.1. The van der Waals surface area contributed by atoms with E-state index in [4.69, 9.17) is 0 Å². The average Bonchev–Trinajstić information content (AvgIpc) is 2.73. The molecule has 0 spiro atoms.